The zero-order chi connectivity index (χ0) is 63.7. The first-order valence-electron chi connectivity index (χ1n) is 30.6. The van der Waals surface area contributed by atoms with E-state index >= 15 is 0 Å². The van der Waals surface area contributed by atoms with Crippen LogP contribution in [-0.4, -0.2) is 56.9 Å². The molecule has 0 saturated carbocycles. The molecule has 12 aromatic carbocycles. The predicted molar refractivity (Wildman–Crippen MR) is 374 cm³/mol. The zero-order valence-electron chi connectivity index (χ0n) is 53.0. The Balaban J connectivity index is 1.12. The number of fused-ring (bicyclic) bond motifs is 10. The lowest BCUT2D eigenvalue weighted by Gasteiger charge is -2.35. The standard InChI is InChI=1S/C81H68N4O8/c1-86-61-33-41-73(77(49-61)90-5)82(53-21-13-9-14-22-53)57-29-37-65-66-38-30-58(83(54-23-15-10-16-24-54)74-42-34-62(87-2)50-78(74)91-6)46-70(66)81(69(65)45-57)71-47-59(84(55-25-17-11-18-26-55)75-43-35-63(88-3)51-79(75)92-7)31-39-67(71)68-40-32-60(48-72(68)81)85(56-27-19-12-20-28-56)76-44-36-64(89-4)52-80(76)93-8/h9-52H,1-8H3. The van der Waals surface area contributed by atoms with Crippen LogP contribution in [0.2, 0.25) is 0 Å². The number of methoxy groups -OCH3 is 8. The largest absolute Gasteiger partial charge is 0.497 e. The van der Waals surface area contributed by atoms with Crippen molar-refractivity contribution in [1.29, 1.82) is 0 Å². The lowest BCUT2D eigenvalue weighted by atomic mass is 9.70. The van der Waals surface area contributed by atoms with E-state index in [4.69, 9.17) is 37.9 Å². The van der Waals surface area contributed by atoms with Crippen LogP contribution in [0.5, 0.6) is 46.0 Å². The first-order valence-corrected chi connectivity index (χ1v) is 30.6. The fraction of sp³-hybridized carbons (Fsp3) is 0.111. The van der Waals surface area contributed by atoms with Crippen molar-refractivity contribution < 1.29 is 37.9 Å². The smallest absolute Gasteiger partial charge is 0.146 e. The van der Waals surface area contributed by atoms with Gasteiger partial charge in [-0.25, -0.2) is 0 Å². The fourth-order valence-electron chi connectivity index (χ4n) is 13.6. The third kappa shape index (κ3) is 10.1. The summed E-state index contributed by atoms with van der Waals surface area (Å²) in [6.45, 7) is 0. The highest BCUT2D eigenvalue weighted by Crippen LogP contribution is 2.66. The van der Waals surface area contributed by atoms with Crippen LogP contribution in [0.15, 0.2) is 267 Å². The zero-order valence-corrected chi connectivity index (χ0v) is 53.0. The summed E-state index contributed by atoms with van der Waals surface area (Å²) in [6.07, 6.45) is 0. The number of anilines is 12. The van der Waals surface area contributed by atoms with E-state index in [1.54, 1.807) is 56.9 Å². The molecule has 0 bridgehead atoms. The Bertz CT molecular complexity index is 4120. The summed E-state index contributed by atoms with van der Waals surface area (Å²) < 4.78 is 48.3. The molecule has 1 spiro atoms. The van der Waals surface area contributed by atoms with E-state index in [-0.39, 0.29) is 0 Å². The van der Waals surface area contributed by atoms with Gasteiger partial charge in [-0.05, 0) is 190 Å². The molecule has 0 aromatic heterocycles. The molecule has 0 saturated heterocycles. The normalized spacial score (nSPS) is 12.0. The van der Waals surface area contributed by atoms with Crippen molar-refractivity contribution in [3.63, 3.8) is 0 Å². The Kier molecular flexibility index (Phi) is 15.8. The van der Waals surface area contributed by atoms with E-state index in [1.807, 2.05) is 72.8 Å². The highest BCUT2D eigenvalue weighted by Gasteiger charge is 2.53. The molecule has 0 heterocycles. The minimum Gasteiger partial charge on any atom is -0.497 e. The SMILES string of the molecule is COc1ccc(N(c2ccccc2)c2ccc3c(c2)C2(c4cc(N(c5ccccc5)c5ccc(OC)cc5OC)ccc4-3)c3cc(N(c4ccccc4)c4ccc(OC)cc4OC)ccc3-c3ccc(N(c4ccccc4)c4ccc(OC)cc4OC)cc32)c(OC)c1. The maximum atomic E-state index is 6.27. The quantitative estimate of drug-likeness (QED) is 0.0728. The molecule has 12 aromatic rings. The number of nitrogens with zero attached hydrogens (tertiary/aromatic N) is 4. The molecule has 0 unspecified atom stereocenters. The van der Waals surface area contributed by atoms with Gasteiger partial charge in [0.05, 0.1) is 85.0 Å². The van der Waals surface area contributed by atoms with Crippen molar-refractivity contribution >= 4 is 68.2 Å². The molecule has 0 radical (unpaired) electrons. The van der Waals surface area contributed by atoms with Gasteiger partial charge < -0.3 is 57.5 Å². The second-order valence-corrected chi connectivity index (χ2v) is 22.5. The predicted octanol–water partition coefficient (Wildman–Crippen LogP) is 20.0. The Morgan fingerprint density at radius 2 is 0.419 bits per heavy atom. The van der Waals surface area contributed by atoms with Crippen LogP contribution in [0.25, 0.3) is 22.3 Å². The average Bonchev–Trinajstić information content (AvgIpc) is 1.51. The van der Waals surface area contributed by atoms with Crippen LogP contribution >= 0.6 is 0 Å². The second kappa shape index (κ2) is 24.9. The number of hydrogen-bond acceptors (Lipinski definition) is 12. The molecule has 12 nitrogen and oxygen atoms in total. The van der Waals surface area contributed by atoms with Crippen LogP contribution in [0.1, 0.15) is 22.3 Å². The van der Waals surface area contributed by atoms with E-state index in [0.717, 1.165) is 113 Å². The Morgan fingerprint density at radius 1 is 0.204 bits per heavy atom. The minimum atomic E-state index is -1.06. The van der Waals surface area contributed by atoms with Crippen LogP contribution < -0.4 is 57.5 Å². The van der Waals surface area contributed by atoms with Crippen molar-refractivity contribution in [3.8, 4) is 68.2 Å². The Hall–Kier alpha value is -11.8. The van der Waals surface area contributed by atoms with Crippen molar-refractivity contribution in [3.05, 3.63) is 289 Å². The molecular weight excluding hydrogens is 1160 g/mol. The van der Waals surface area contributed by atoms with Crippen molar-refractivity contribution in [2.24, 2.45) is 0 Å². The third-order valence-corrected chi connectivity index (χ3v) is 17.8. The van der Waals surface area contributed by atoms with Crippen LogP contribution in [0.4, 0.5) is 68.2 Å². The highest BCUT2D eigenvalue weighted by atomic mass is 16.5. The topological polar surface area (TPSA) is 86.8 Å². The molecule has 0 aliphatic heterocycles. The summed E-state index contributed by atoms with van der Waals surface area (Å²) >= 11 is 0. The van der Waals surface area contributed by atoms with E-state index in [9.17, 15) is 0 Å². The number of hydrogen-bond donors (Lipinski definition) is 0. The second-order valence-electron chi connectivity index (χ2n) is 22.5. The minimum absolute atomic E-state index is 0.645. The van der Waals surface area contributed by atoms with Crippen molar-refractivity contribution in [2.45, 2.75) is 5.41 Å². The van der Waals surface area contributed by atoms with Gasteiger partial charge in [0.25, 0.3) is 0 Å². The molecule has 0 atom stereocenters. The summed E-state index contributed by atoms with van der Waals surface area (Å²) in [7, 11) is 13.5. The molecule has 2 aliphatic carbocycles. The van der Waals surface area contributed by atoms with Gasteiger partial charge in [0.2, 0.25) is 0 Å². The lowest BCUT2D eigenvalue weighted by Crippen LogP contribution is -2.27. The first-order chi connectivity index (χ1) is 45.7. The fourth-order valence-corrected chi connectivity index (χ4v) is 13.6. The van der Waals surface area contributed by atoms with Gasteiger partial charge in [0.15, 0.2) is 0 Å². The number of ether oxygens (including phenoxy) is 8. The molecular formula is C81H68N4O8. The van der Waals surface area contributed by atoms with E-state index < -0.39 is 5.41 Å². The molecule has 0 N–H and O–H groups in total. The van der Waals surface area contributed by atoms with E-state index in [1.165, 1.54) is 0 Å². The molecule has 0 fully saturated rings. The average molecular weight is 1230 g/mol. The van der Waals surface area contributed by atoms with Gasteiger partial charge in [-0.1, -0.05) is 97.1 Å². The van der Waals surface area contributed by atoms with E-state index in [2.05, 4.69) is 214 Å². The maximum absolute atomic E-state index is 6.27. The van der Waals surface area contributed by atoms with Gasteiger partial charge in [-0.3, -0.25) is 0 Å². The van der Waals surface area contributed by atoms with Gasteiger partial charge in [-0.2, -0.15) is 0 Å². The molecule has 460 valence electrons. The summed E-state index contributed by atoms with van der Waals surface area (Å²) in [5.41, 5.74) is 18.3. The number of rotatable bonds is 20. The summed E-state index contributed by atoms with van der Waals surface area (Å²) in [5.74, 6) is 5.30. The van der Waals surface area contributed by atoms with Gasteiger partial charge >= 0.3 is 0 Å². The number of para-hydroxylation sites is 4. The molecule has 93 heavy (non-hydrogen) atoms. The summed E-state index contributed by atoms with van der Waals surface area (Å²) in [4.78, 5) is 9.10. The maximum Gasteiger partial charge on any atom is 0.146 e. The number of benzene rings is 12. The van der Waals surface area contributed by atoms with Crippen LogP contribution in [0, 0.1) is 0 Å². The van der Waals surface area contributed by atoms with E-state index in [0.29, 0.717) is 46.0 Å². The van der Waals surface area contributed by atoms with Crippen LogP contribution in [-0.2, 0) is 5.41 Å². The summed E-state index contributed by atoms with van der Waals surface area (Å²) in [6, 6.07) is 93.4. The lowest BCUT2D eigenvalue weighted by molar-refractivity contribution is 0.395. The highest BCUT2D eigenvalue weighted by molar-refractivity contribution is 6.00. The Morgan fingerprint density at radius 3 is 0.613 bits per heavy atom. The molecule has 12 heteroatoms. The van der Waals surface area contributed by atoms with Gasteiger partial charge in [-0.15, -0.1) is 0 Å². The molecule has 14 rings (SSSR count). The summed E-state index contributed by atoms with van der Waals surface area (Å²) in [5, 5.41) is 0. The third-order valence-electron chi connectivity index (χ3n) is 17.8. The van der Waals surface area contributed by atoms with Crippen molar-refractivity contribution in [2.75, 3.05) is 76.5 Å². The monoisotopic (exact) mass is 1220 g/mol. The van der Waals surface area contributed by atoms with Crippen LogP contribution in [0.3, 0.4) is 0 Å². The molecule has 2 aliphatic rings. The van der Waals surface area contributed by atoms with Gasteiger partial charge in [0.1, 0.15) is 46.0 Å². The van der Waals surface area contributed by atoms with Crippen molar-refractivity contribution in [1.82, 2.24) is 0 Å². The molecule has 0 amide bonds. The first kappa shape index (κ1) is 58.9. The Labute approximate surface area is 542 Å². The van der Waals surface area contributed by atoms with Gasteiger partial charge in [0, 0.05) is 69.8 Å².